The molecule has 0 saturated carbocycles. The van der Waals surface area contributed by atoms with Gasteiger partial charge in [0, 0.05) is 6.42 Å². The fourth-order valence-electron chi connectivity index (χ4n) is 1.84. The van der Waals surface area contributed by atoms with Crippen molar-refractivity contribution in [1.29, 1.82) is 0 Å². The Morgan fingerprint density at radius 3 is 2.59 bits per heavy atom. The van der Waals surface area contributed by atoms with Gasteiger partial charge in [0.25, 0.3) is 0 Å². The third-order valence-corrected chi connectivity index (χ3v) is 3.25. The fraction of sp³-hybridized carbons (Fsp3) is 0.214. The van der Waals surface area contributed by atoms with Crippen molar-refractivity contribution < 1.29 is 18.3 Å². The highest BCUT2D eigenvalue weighted by molar-refractivity contribution is 6.30. The van der Waals surface area contributed by atoms with Crippen molar-refractivity contribution in [2.75, 3.05) is 12.8 Å². The first-order valence-corrected chi connectivity index (χ1v) is 6.67. The molecule has 0 saturated heterocycles. The van der Waals surface area contributed by atoms with E-state index in [2.05, 4.69) is 9.97 Å². The molecule has 8 heteroatoms. The first-order valence-electron chi connectivity index (χ1n) is 6.29. The summed E-state index contributed by atoms with van der Waals surface area (Å²) < 4.78 is 32.5. The van der Waals surface area contributed by atoms with E-state index in [4.69, 9.17) is 22.1 Å². The number of benzene rings is 1. The number of hydrogen-bond donors (Lipinski definition) is 1. The van der Waals surface area contributed by atoms with E-state index >= 15 is 0 Å². The van der Waals surface area contributed by atoms with Crippen LogP contribution in [0.4, 0.5) is 14.6 Å². The molecular weight excluding hydrogens is 316 g/mol. The lowest BCUT2D eigenvalue weighted by Crippen LogP contribution is -2.10. The van der Waals surface area contributed by atoms with Gasteiger partial charge < -0.3 is 10.5 Å². The summed E-state index contributed by atoms with van der Waals surface area (Å²) in [5, 5.41) is -0.368. The summed E-state index contributed by atoms with van der Waals surface area (Å²) >= 11 is 5.50. The Balaban J connectivity index is 2.70. The highest BCUT2D eigenvalue weighted by atomic mass is 35.5. The number of hydrogen-bond acceptors (Lipinski definition) is 5. The lowest BCUT2D eigenvalue weighted by atomic mass is 10.1. The summed E-state index contributed by atoms with van der Waals surface area (Å²) in [6.45, 7) is 1.63. The van der Waals surface area contributed by atoms with E-state index in [-0.39, 0.29) is 45.9 Å². The quantitative estimate of drug-likeness (QED) is 0.689. The van der Waals surface area contributed by atoms with Crippen LogP contribution in [0, 0.1) is 11.6 Å². The Morgan fingerprint density at radius 1 is 1.32 bits per heavy atom. The summed E-state index contributed by atoms with van der Waals surface area (Å²) in [4.78, 5) is 19.7. The van der Waals surface area contributed by atoms with E-state index in [0.717, 1.165) is 0 Å². The molecule has 0 atom stereocenters. The second kappa shape index (κ2) is 6.23. The number of carbonyl (C=O) groups is 1. The van der Waals surface area contributed by atoms with Gasteiger partial charge in [-0.25, -0.2) is 18.7 Å². The van der Waals surface area contributed by atoms with Crippen LogP contribution in [0.25, 0.3) is 11.4 Å². The molecule has 0 unspecified atom stereocenters. The number of aromatic nitrogens is 2. The van der Waals surface area contributed by atoms with E-state index in [9.17, 15) is 13.6 Å². The van der Waals surface area contributed by atoms with Crippen molar-refractivity contribution in [2.24, 2.45) is 0 Å². The number of nitrogens with two attached hydrogens (primary N) is 1. The van der Waals surface area contributed by atoms with Gasteiger partial charge >= 0.3 is 0 Å². The molecule has 0 bridgehead atoms. The van der Waals surface area contributed by atoms with Crippen LogP contribution >= 0.6 is 11.6 Å². The van der Waals surface area contributed by atoms with E-state index in [0.29, 0.717) is 0 Å². The molecule has 0 aliphatic carbocycles. The highest BCUT2D eigenvalue weighted by Crippen LogP contribution is 2.31. The maximum absolute atomic E-state index is 14.0. The van der Waals surface area contributed by atoms with Crippen LogP contribution in [-0.4, -0.2) is 22.9 Å². The number of halogens is 3. The van der Waals surface area contributed by atoms with Crippen molar-refractivity contribution in [3.8, 4) is 17.1 Å². The molecule has 0 aliphatic heterocycles. The largest absolute Gasteiger partial charge is 0.491 e. The van der Waals surface area contributed by atoms with Gasteiger partial charge in [0.2, 0.25) is 0 Å². The number of Topliss-reactive ketones (excluding diaryl/α,β-unsaturated/α-hetero) is 1. The molecular formula is C14H12ClF2N3O2. The number of rotatable bonds is 4. The zero-order valence-electron chi connectivity index (χ0n) is 11.8. The smallest absolute Gasteiger partial charge is 0.190 e. The van der Waals surface area contributed by atoms with Gasteiger partial charge in [0.15, 0.2) is 40.5 Å². The molecule has 0 fully saturated rings. The molecule has 2 aromatic rings. The summed E-state index contributed by atoms with van der Waals surface area (Å²) in [5.74, 6) is -3.15. The molecule has 0 spiro atoms. The van der Waals surface area contributed by atoms with Crippen molar-refractivity contribution in [3.05, 3.63) is 34.5 Å². The van der Waals surface area contributed by atoms with E-state index in [1.165, 1.54) is 19.2 Å². The normalized spacial score (nSPS) is 10.6. The van der Waals surface area contributed by atoms with Crippen LogP contribution in [0.5, 0.6) is 5.75 Å². The number of nitrogen functional groups attached to an aromatic ring is 1. The maximum Gasteiger partial charge on any atom is 0.190 e. The van der Waals surface area contributed by atoms with Gasteiger partial charge in [-0.2, -0.15) is 0 Å². The molecule has 1 aromatic heterocycles. The number of ketones is 1. The minimum atomic E-state index is -1.22. The zero-order valence-corrected chi connectivity index (χ0v) is 12.5. The van der Waals surface area contributed by atoms with Crippen LogP contribution in [0.15, 0.2) is 12.1 Å². The monoisotopic (exact) mass is 327 g/mol. The van der Waals surface area contributed by atoms with Crippen LogP contribution in [0.3, 0.4) is 0 Å². The lowest BCUT2D eigenvalue weighted by molar-refractivity contribution is 0.0980. The second-order valence-electron chi connectivity index (χ2n) is 4.31. The SMILES string of the molecule is CCC(=O)c1nc(-c2ccc(Cl)c(F)c2F)nc(N)c1OC. The van der Waals surface area contributed by atoms with Crippen molar-refractivity contribution in [2.45, 2.75) is 13.3 Å². The van der Waals surface area contributed by atoms with Gasteiger partial charge in [-0.05, 0) is 12.1 Å². The average Bonchev–Trinajstić information content (AvgIpc) is 2.51. The highest BCUT2D eigenvalue weighted by Gasteiger charge is 2.22. The van der Waals surface area contributed by atoms with Crippen molar-refractivity contribution in [1.82, 2.24) is 9.97 Å². The number of methoxy groups -OCH3 is 1. The molecule has 2 rings (SSSR count). The predicted octanol–water partition coefficient (Wildman–Crippen LogP) is 3.26. The summed E-state index contributed by atoms with van der Waals surface area (Å²) in [6.07, 6.45) is 0.143. The first kappa shape index (κ1) is 16.1. The molecule has 0 amide bonds. The number of nitrogens with zero attached hydrogens (tertiary/aromatic N) is 2. The van der Waals surface area contributed by atoms with E-state index < -0.39 is 11.6 Å². The second-order valence-corrected chi connectivity index (χ2v) is 4.72. The molecule has 1 heterocycles. The molecule has 22 heavy (non-hydrogen) atoms. The van der Waals surface area contributed by atoms with Crippen molar-refractivity contribution in [3.63, 3.8) is 0 Å². The average molecular weight is 328 g/mol. The zero-order chi connectivity index (χ0) is 16.4. The number of anilines is 1. The van der Waals surface area contributed by atoms with Gasteiger partial charge in [0.05, 0.1) is 17.7 Å². The van der Waals surface area contributed by atoms with Crippen LogP contribution in [0.1, 0.15) is 23.8 Å². The summed E-state index contributed by atoms with van der Waals surface area (Å²) in [7, 11) is 1.31. The topological polar surface area (TPSA) is 78.1 Å². The Labute approximate surface area is 130 Å². The first-order chi connectivity index (χ1) is 10.4. The maximum atomic E-state index is 14.0. The van der Waals surface area contributed by atoms with Crippen molar-refractivity contribution >= 4 is 23.2 Å². The van der Waals surface area contributed by atoms with Crippen LogP contribution in [-0.2, 0) is 0 Å². The molecule has 2 N–H and O–H groups in total. The lowest BCUT2D eigenvalue weighted by Gasteiger charge is -2.11. The van der Waals surface area contributed by atoms with Gasteiger partial charge in [0.1, 0.15) is 0 Å². The Hall–Kier alpha value is -2.28. The fourth-order valence-corrected chi connectivity index (χ4v) is 1.99. The number of ether oxygens (including phenoxy) is 1. The van der Waals surface area contributed by atoms with Crippen LogP contribution < -0.4 is 10.5 Å². The molecule has 5 nitrogen and oxygen atoms in total. The standard InChI is InChI=1S/C14H12ClF2N3O2/c1-3-8(21)11-12(22-2)13(18)20-14(19-11)6-4-5-7(15)10(17)9(6)16/h4-5H,3H2,1-2H3,(H2,18,19,20). The Bertz CT molecular complexity index is 753. The van der Waals surface area contributed by atoms with Crippen LogP contribution in [0.2, 0.25) is 5.02 Å². The van der Waals surface area contributed by atoms with Gasteiger partial charge in [-0.1, -0.05) is 18.5 Å². The Kier molecular flexibility index (Phi) is 4.56. The molecule has 0 aliphatic rings. The third-order valence-electron chi connectivity index (χ3n) is 2.96. The Morgan fingerprint density at radius 2 is 2.00 bits per heavy atom. The third kappa shape index (κ3) is 2.71. The summed E-state index contributed by atoms with van der Waals surface area (Å²) in [5.41, 5.74) is 5.38. The minimum Gasteiger partial charge on any atom is -0.491 e. The van der Waals surface area contributed by atoms with Gasteiger partial charge in [-0.3, -0.25) is 4.79 Å². The molecule has 116 valence electrons. The number of carbonyl (C=O) groups excluding carboxylic acids is 1. The van der Waals surface area contributed by atoms with Gasteiger partial charge in [-0.15, -0.1) is 0 Å². The minimum absolute atomic E-state index is 0.00504. The molecule has 1 aromatic carbocycles. The predicted molar refractivity (Wildman–Crippen MR) is 78.0 cm³/mol. The molecule has 0 radical (unpaired) electrons. The van der Waals surface area contributed by atoms with E-state index in [1.54, 1.807) is 6.92 Å². The summed E-state index contributed by atoms with van der Waals surface area (Å²) in [6, 6.07) is 2.38. The van der Waals surface area contributed by atoms with E-state index in [1.807, 2.05) is 0 Å².